The highest BCUT2D eigenvalue weighted by Gasteiger charge is 2.72. The highest BCUT2D eigenvalue weighted by atomic mass is 16.7. The third-order valence-electron chi connectivity index (χ3n) is 4.05. The molecule has 2 aliphatic heterocycles. The van der Waals surface area contributed by atoms with Crippen LogP contribution >= 0.6 is 0 Å². The number of carbonyl (C=O) groups is 2. The minimum atomic E-state index is -3.25. The van der Waals surface area contributed by atoms with Gasteiger partial charge in [-0.25, -0.2) is 9.59 Å². The number of aliphatic hydroxyl groups is 7. The molecule has 7 N–H and O–H groups in total. The molecule has 24 heavy (non-hydrogen) atoms. The molecule has 7 atom stereocenters. The second-order valence-corrected chi connectivity index (χ2v) is 5.44. The Bertz CT molecular complexity index is 508. The van der Waals surface area contributed by atoms with Gasteiger partial charge in [0, 0.05) is 0 Å². The number of hydrogen-bond acceptors (Lipinski definition) is 12. The largest absolute Gasteiger partial charge is 0.445 e. The summed E-state index contributed by atoms with van der Waals surface area (Å²) in [4.78, 5) is 23.9. The first-order valence-corrected chi connectivity index (χ1v) is 6.89. The minimum Gasteiger partial charge on any atom is -0.445 e. The lowest BCUT2D eigenvalue weighted by Crippen LogP contribution is -2.79. The summed E-state index contributed by atoms with van der Waals surface area (Å²) in [5, 5.41) is 67.7. The van der Waals surface area contributed by atoms with E-state index in [1.165, 1.54) is 0 Å². The highest BCUT2D eigenvalue weighted by Crippen LogP contribution is 2.41. The molecule has 0 aromatic heterocycles. The molecule has 3 unspecified atom stereocenters. The van der Waals surface area contributed by atoms with Gasteiger partial charge in [-0.1, -0.05) is 0 Å². The first-order valence-electron chi connectivity index (χ1n) is 6.89. The summed E-state index contributed by atoms with van der Waals surface area (Å²) >= 11 is 0. The molecule has 12 nitrogen and oxygen atoms in total. The molecule has 2 fully saturated rings. The number of carbonyl (C=O) groups excluding carboxylic acids is 2. The number of ether oxygens (including phenoxy) is 3. The third-order valence-corrected chi connectivity index (χ3v) is 4.05. The molecule has 12 heteroatoms. The maximum atomic E-state index is 12.2. The summed E-state index contributed by atoms with van der Waals surface area (Å²) in [5.41, 5.74) is -3.01. The zero-order chi connectivity index (χ0) is 18.3. The number of aliphatic hydroxyl groups excluding tert-OH is 6. The van der Waals surface area contributed by atoms with Crippen LogP contribution in [0, 0.1) is 0 Å². The van der Waals surface area contributed by atoms with Gasteiger partial charge in [-0.2, -0.15) is 0 Å². The molecule has 138 valence electrons. The van der Waals surface area contributed by atoms with Gasteiger partial charge in [-0.05, 0) is 0 Å². The van der Waals surface area contributed by atoms with E-state index >= 15 is 0 Å². The summed E-state index contributed by atoms with van der Waals surface area (Å²) in [7, 11) is 0. The van der Waals surface area contributed by atoms with Gasteiger partial charge in [-0.3, -0.25) is 0 Å². The molecule has 0 saturated carbocycles. The zero-order valence-corrected chi connectivity index (χ0v) is 12.2. The Labute approximate surface area is 134 Å². The fraction of sp³-hybridized carbons (Fsp3) is 0.833. The van der Waals surface area contributed by atoms with Crippen molar-refractivity contribution in [1.29, 1.82) is 0 Å². The van der Waals surface area contributed by atoms with Crippen LogP contribution in [0.5, 0.6) is 0 Å². The van der Waals surface area contributed by atoms with Crippen molar-refractivity contribution in [1.82, 2.24) is 0 Å². The number of hydrogen-bond donors (Lipinski definition) is 7. The summed E-state index contributed by atoms with van der Waals surface area (Å²) in [6.07, 6.45) is -9.79. The second-order valence-electron chi connectivity index (χ2n) is 5.44. The van der Waals surface area contributed by atoms with E-state index < -0.39 is 73.7 Å². The van der Waals surface area contributed by atoms with Crippen molar-refractivity contribution in [2.75, 3.05) is 19.8 Å². The Morgan fingerprint density at radius 2 is 1.62 bits per heavy atom. The molecule has 2 saturated heterocycles. The molecule has 2 aliphatic rings. The van der Waals surface area contributed by atoms with Crippen LogP contribution in [0.4, 0.5) is 0 Å². The van der Waals surface area contributed by atoms with Crippen molar-refractivity contribution in [3.63, 3.8) is 0 Å². The monoisotopic (exact) mass is 354 g/mol. The lowest BCUT2D eigenvalue weighted by molar-refractivity contribution is -0.402. The number of cyclic esters (lactones) is 2. The fourth-order valence-corrected chi connectivity index (χ4v) is 2.58. The van der Waals surface area contributed by atoms with E-state index in [1.807, 2.05) is 0 Å². The molecule has 0 radical (unpaired) electrons. The standard InChI is InChI=1S/C12H18O12/c13-1-4-6(16)7(17)8(18)12(21,23-4)11(3-15)10(20)22-5(2-14)9(19)24-11/h4-8,13-18,21H,1-3H2/t4-,5?,6-,7+,8-,11?,12?/m1/s1. The molecule has 0 bridgehead atoms. The molecule has 0 aromatic rings. The fourth-order valence-electron chi connectivity index (χ4n) is 2.58. The molecule has 0 aliphatic carbocycles. The van der Waals surface area contributed by atoms with E-state index in [1.54, 1.807) is 0 Å². The Hall–Kier alpha value is -1.38. The quantitative estimate of drug-likeness (QED) is 0.236. The van der Waals surface area contributed by atoms with Gasteiger partial charge in [-0.15, -0.1) is 0 Å². The Kier molecular flexibility index (Phi) is 5.13. The summed E-state index contributed by atoms with van der Waals surface area (Å²) in [6.45, 7) is -3.31. The molecular formula is C12H18O12. The van der Waals surface area contributed by atoms with E-state index in [-0.39, 0.29) is 0 Å². The van der Waals surface area contributed by atoms with Crippen LogP contribution in [0.15, 0.2) is 0 Å². The maximum absolute atomic E-state index is 12.2. The normalized spacial score (nSPS) is 46.4. The molecule has 2 heterocycles. The second kappa shape index (κ2) is 6.50. The highest BCUT2D eigenvalue weighted by molar-refractivity contribution is 5.91. The van der Waals surface area contributed by atoms with Crippen molar-refractivity contribution >= 4 is 11.9 Å². The van der Waals surface area contributed by atoms with Gasteiger partial charge >= 0.3 is 11.9 Å². The van der Waals surface area contributed by atoms with E-state index in [4.69, 9.17) is 19.7 Å². The molecular weight excluding hydrogens is 336 g/mol. The lowest BCUT2D eigenvalue weighted by Gasteiger charge is -2.52. The van der Waals surface area contributed by atoms with Gasteiger partial charge in [0.25, 0.3) is 5.60 Å². The average molecular weight is 354 g/mol. The third kappa shape index (κ3) is 2.48. The van der Waals surface area contributed by atoms with Crippen molar-refractivity contribution < 1.29 is 59.5 Å². The predicted molar refractivity (Wildman–Crippen MR) is 67.8 cm³/mol. The first-order chi connectivity index (χ1) is 11.2. The zero-order valence-electron chi connectivity index (χ0n) is 12.2. The van der Waals surface area contributed by atoms with Gasteiger partial charge in [0.05, 0.1) is 19.8 Å². The maximum Gasteiger partial charge on any atom is 0.359 e. The van der Waals surface area contributed by atoms with Crippen LogP contribution in [0.3, 0.4) is 0 Å². The van der Waals surface area contributed by atoms with Gasteiger partial charge in [0.1, 0.15) is 24.4 Å². The molecule has 0 spiro atoms. The molecule has 0 amide bonds. The summed E-state index contributed by atoms with van der Waals surface area (Å²) < 4.78 is 14.2. The van der Waals surface area contributed by atoms with Crippen LogP contribution < -0.4 is 0 Å². The van der Waals surface area contributed by atoms with E-state index in [0.29, 0.717) is 0 Å². The first kappa shape index (κ1) is 19.0. The SMILES string of the molecule is O=C1OC(CO)(C2(O)O[C@H](CO)[C@@H](O)[C@H](O)[C@H]2O)C(=O)OC1CO. The van der Waals surface area contributed by atoms with E-state index in [0.717, 1.165) is 0 Å². The summed E-state index contributed by atoms with van der Waals surface area (Å²) in [6, 6.07) is 0. The van der Waals surface area contributed by atoms with Gasteiger partial charge in [0.2, 0.25) is 11.9 Å². The van der Waals surface area contributed by atoms with Crippen LogP contribution in [-0.4, -0.2) is 109 Å². The van der Waals surface area contributed by atoms with Crippen LogP contribution in [0.1, 0.15) is 0 Å². The van der Waals surface area contributed by atoms with E-state index in [2.05, 4.69) is 4.74 Å². The lowest BCUT2D eigenvalue weighted by atomic mass is 9.81. The predicted octanol–water partition coefficient (Wildman–Crippen LogP) is -5.66. The Morgan fingerprint density at radius 3 is 2.12 bits per heavy atom. The number of rotatable bonds is 4. The van der Waals surface area contributed by atoms with Gasteiger partial charge in [0.15, 0.2) is 0 Å². The summed E-state index contributed by atoms with van der Waals surface area (Å²) in [5.74, 6) is -6.16. The van der Waals surface area contributed by atoms with E-state index in [9.17, 15) is 35.1 Å². The van der Waals surface area contributed by atoms with Gasteiger partial charge < -0.3 is 50.0 Å². The molecule has 2 rings (SSSR count). The van der Waals surface area contributed by atoms with Crippen molar-refractivity contribution in [2.24, 2.45) is 0 Å². The van der Waals surface area contributed by atoms with Crippen molar-refractivity contribution in [2.45, 2.75) is 41.9 Å². The minimum absolute atomic E-state index is 0.936. The molecule has 0 aromatic carbocycles. The van der Waals surface area contributed by atoms with Crippen molar-refractivity contribution in [3.8, 4) is 0 Å². The van der Waals surface area contributed by atoms with Crippen LogP contribution in [0.25, 0.3) is 0 Å². The average Bonchev–Trinajstić information content (AvgIpc) is 2.57. The van der Waals surface area contributed by atoms with Crippen LogP contribution in [0.2, 0.25) is 0 Å². The Morgan fingerprint density at radius 1 is 1.00 bits per heavy atom. The Balaban J connectivity index is 2.47. The number of esters is 2. The topological polar surface area (TPSA) is 203 Å². The smallest absolute Gasteiger partial charge is 0.359 e. The van der Waals surface area contributed by atoms with Crippen LogP contribution in [-0.2, 0) is 23.8 Å². The van der Waals surface area contributed by atoms with Crippen molar-refractivity contribution in [3.05, 3.63) is 0 Å².